The van der Waals surface area contributed by atoms with Crippen molar-refractivity contribution in [3.63, 3.8) is 0 Å². The molecule has 1 rings (SSSR count). The maximum Gasteiger partial charge on any atom is 0.237 e. The summed E-state index contributed by atoms with van der Waals surface area (Å²) < 4.78 is 12.6. The van der Waals surface area contributed by atoms with Crippen LogP contribution < -0.4 is 5.32 Å². The number of halogens is 1. The van der Waals surface area contributed by atoms with Crippen LogP contribution in [0.4, 0.5) is 4.39 Å². The third kappa shape index (κ3) is 2.91. The van der Waals surface area contributed by atoms with E-state index in [1.807, 2.05) is 5.32 Å². The van der Waals surface area contributed by atoms with E-state index in [-0.39, 0.29) is 12.2 Å². The van der Waals surface area contributed by atoms with Crippen LogP contribution in [0.2, 0.25) is 0 Å². The number of carbonyl (C=O) groups excluding carboxylic acids is 1. The number of hydrogen-bond acceptors (Lipinski definition) is 2. The minimum atomic E-state index is -0.437. The Morgan fingerprint density at radius 2 is 2.38 bits per heavy atom. The first-order valence-electron chi connectivity index (χ1n) is 3.65. The number of nitrogens with zero attached hydrogens (tertiary/aromatic N) is 1. The molecule has 0 saturated carbocycles. The highest BCUT2D eigenvalue weighted by atomic mass is 19.1. The quantitative estimate of drug-likeness (QED) is 0.541. The van der Waals surface area contributed by atoms with Crippen molar-refractivity contribution >= 4 is 5.91 Å². The number of hydrogen-bond donors (Lipinski definition) is 1. The van der Waals surface area contributed by atoms with E-state index in [4.69, 9.17) is 5.26 Å². The fraction of sp³-hybridized carbons (Fsp3) is 0.111. The Morgan fingerprint density at radius 1 is 1.62 bits per heavy atom. The van der Waals surface area contributed by atoms with Crippen molar-refractivity contribution in [1.29, 1.82) is 5.26 Å². The minimum Gasteiger partial charge on any atom is -0.274 e. The van der Waals surface area contributed by atoms with Crippen LogP contribution in [-0.2, 0) is 11.2 Å². The van der Waals surface area contributed by atoms with E-state index in [0.29, 0.717) is 5.56 Å². The van der Waals surface area contributed by atoms with Crippen molar-refractivity contribution in [3.05, 3.63) is 35.6 Å². The number of nitrogens with one attached hydrogen (secondary N) is 1. The van der Waals surface area contributed by atoms with Crippen LogP contribution >= 0.6 is 0 Å². The van der Waals surface area contributed by atoms with Crippen LogP contribution in [0.5, 0.6) is 0 Å². The highest BCUT2D eigenvalue weighted by molar-refractivity contribution is 5.79. The van der Waals surface area contributed by atoms with Gasteiger partial charge in [-0.25, -0.2) is 4.39 Å². The van der Waals surface area contributed by atoms with Crippen LogP contribution in [-0.4, -0.2) is 5.91 Å². The van der Waals surface area contributed by atoms with E-state index in [1.54, 1.807) is 6.07 Å². The van der Waals surface area contributed by atoms with Crippen LogP contribution in [0.1, 0.15) is 5.56 Å². The van der Waals surface area contributed by atoms with Gasteiger partial charge in [-0.05, 0) is 17.7 Å². The lowest BCUT2D eigenvalue weighted by Crippen LogP contribution is -2.19. The van der Waals surface area contributed by atoms with Gasteiger partial charge in [-0.3, -0.25) is 10.1 Å². The third-order valence-corrected chi connectivity index (χ3v) is 1.45. The van der Waals surface area contributed by atoms with Gasteiger partial charge in [-0.15, -0.1) is 0 Å². The molecule has 0 saturated heterocycles. The largest absolute Gasteiger partial charge is 0.274 e. The fourth-order valence-corrected chi connectivity index (χ4v) is 0.939. The summed E-state index contributed by atoms with van der Waals surface area (Å²) >= 11 is 0. The first-order valence-corrected chi connectivity index (χ1v) is 3.65. The lowest BCUT2D eigenvalue weighted by molar-refractivity contribution is -0.119. The molecule has 0 heterocycles. The van der Waals surface area contributed by atoms with Crippen LogP contribution in [0.25, 0.3) is 0 Å². The van der Waals surface area contributed by atoms with Gasteiger partial charge in [0, 0.05) is 0 Å². The molecule has 0 fully saturated rings. The summed E-state index contributed by atoms with van der Waals surface area (Å²) in [7, 11) is 0. The Balaban J connectivity index is 2.65. The molecular formula is C9H7FN2O. The van der Waals surface area contributed by atoms with E-state index in [9.17, 15) is 9.18 Å². The SMILES string of the molecule is N#CNC(=O)Cc1cccc(F)c1. The first kappa shape index (κ1) is 9.20. The van der Waals surface area contributed by atoms with Crippen LogP contribution in [0, 0.1) is 17.3 Å². The second-order valence-electron chi connectivity index (χ2n) is 2.47. The molecular weight excluding hydrogens is 171 g/mol. The van der Waals surface area contributed by atoms with Gasteiger partial charge in [0.1, 0.15) is 5.82 Å². The standard InChI is InChI=1S/C9H7FN2O/c10-8-3-1-2-7(4-8)5-9(13)12-6-11/h1-4H,5H2,(H,12,13). The highest BCUT2D eigenvalue weighted by Gasteiger charge is 2.02. The maximum absolute atomic E-state index is 12.6. The summed E-state index contributed by atoms with van der Waals surface area (Å²) in [4.78, 5) is 10.9. The van der Waals surface area contributed by atoms with E-state index >= 15 is 0 Å². The molecule has 1 aromatic carbocycles. The molecule has 1 aromatic rings. The summed E-state index contributed by atoms with van der Waals surface area (Å²) in [6.45, 7) is 0. The lowest BCUT2D eigenvalue weighted by atomic mass is 10.1. The van der Waals surface area contributed by atoms with Crippen molar-refractivity contribution < 1.29 is 9.18 Å². The van der Waals surface area contributed by atoms with Crippen molar-refractivity contribution in [1.82, 2.24) is 5.32 Å². The van der Waals surface area contributed by atoms with Crippen molar-refractivity contribution in [2.75, 3.05) is 0 Å². The normalized spacial score (nSPS) is 8.92. The number of amides is 1. The zero-order valence-corrected chi connectivity index (χ0v) is 6.75. The number of carbonyl (C=O) groups is 1. The number of benzene rings is 1. The zero-order chi connectivity index (χ0) is 9.68. The molecule has 0 aliphatic heterocycles. The molecule has 0 aromatic heterocycles. The average Bonchev–Trinajstić information content (AvgIpc) is 2.04. The van der Waals surface area contributed by atoms with Gasteiger partial charge in [-0.1, -0.05) is 12.1 Å². The molecule has 1 N–H and O–H groups in total. The summed E-state index contributed by atoms with van der Waals surface area (Å²) in [5, 5.41) is 10.1. The van der Waals surface area contributed by atoms with Gasteiger partial charge in [-0.2, -0.15) is 5.26 Å². The summed E-state index contributed by atoms with van der Waals surface area (Å²) in [5.74, 6) is -0.824. The minimum absolute atomic E-state index is 0.0192. The topological polar surface area (TPSA) is 52.9 Å². The fourth-order valence-electron chi connectivity index (χ4n) is 0.939. The predicted octanol–water partition coefficient (Wildman–Crippen LogP) is 0.965. The monoisotopic (exact) mass is 178 g/mol. The number of rotatable bonds is 2. The molecule has 0 bridgehead atoms. The predicted molar refractivity (Wildman–Crippen MR) is 43.9 cm³/mol. The molecule has 13 heavy (non-hydrogen) atoms. The van der Waals surface area contributed by atoms with Gasteiger partial charge >= 0.3 is 0 Å². The smallest absolute Gasteiger partial charge is 0.237 e. The molecule has 3 nitrogen and oxygen atoms in total. The summed E-state index contributed by atoms with van der Waals surface area (Å²) in [6, 6.07) is 5.70. The molecule has 66 valence electrons. The average molecular weight is 178 g/mol. The van der Waals surface area contributed by atoms with Crippen molar-refractivity contribution in [2.45, 2.75) is 6.42 Å². The Bertz CT molecular complexity index is 357. The molecule has 0 aliphatic carbocycles. The number of nitriles is 1. The molecule has 0 unspecified atom stereocenters. The highest BCUT2D eigenvalue weighted by Crippen LogP contribution is 2.03. The zero-order valence-electron chi connectivity index (χ0n) is 6.75. The van der Waals surface area contributed by atoms with Gasteiger partial charge in [0.05, 0.1) is 6.42 Å². The van der Waals surface area contributed by atoms with Gasteiger partial charge in [0.25, 0.3) is 0 Å². The lowest BCUT2D eigenvalue weighted by Gasteiger charge is -1.97. The van der Waals surface area contributed by atoms with Crippen molar-refractivity contribution in [3.8, 4) is 6.19 Å². The Kier molecular flexibility index (Phi) is 2.98. The van der Waals surface area contributed by atoms with Crippen molar-refractivity contribution in [2.24, 2.45) is 0 Å². The Labute approximate surface area is 74.8 Å². The maximum atomic E-state index is 12.6. The van der Waals surface area contributed by atoms with E-state index < -0.39 is 5.91 Å². The van der Waals surface area contributed by atoms with Gasteiger partial charge < -0.3 is 0 Å². The second kappa shape index (κ2) is 4.21. The van der Waals surface area contributed by atoms with E-state index in [1.165, 1.54) is 24.4 Å². The van der Waals surface area contributed by atoms with Gasteiger partial charge in [0.15, 0.2) is 6.19 Å². The van der Waals surface area contributed by atoms with E-state index in [0.717, 1.165) is 0 Å². The van der Waals surface area contributed by atoms with Gasteiger partial charge in [0.2, 0.25) is 5.91 Å². The third-order valence-electron chi connectivity index (χ3n) is 1.45. The van der Waals surface area contributed by atoms with Crippen LogP contribution in [0.15, 0.2) is 24.3 Å². The molecule has 0 spiro atoms. The molecule has 0 aliphatic rings. The second-order valence-corrected chi connectivity index (χ2v) is 2.47. The Morgan fingerprint density at radius 3 is 3.00 bits per heavy atom. The Hall–Kier alpha value is -1.89. The molecule has 4 heteroatoms. The van der Waals surface area contributed by atoms with E-state index in [2.05, 4.69) is 0 Å². The summed E-state index contributed by atoms with van der Waals surface area (Å²) in [6.07, 6.45) is 1.53. The first-order chi connectivity index (χ1) is 6.22. The molecule has 1 amide bonds. The molecule has 0 atom stereocenters. The van der Waals surface area contributed by atoms with Crippen LogP contribution in [0.3, 0.4) is 0 Å². The molecule has 0 radical (unpaired) electrons. The summed E-state index contributed by atoms with van der Waals surface area (Å²) in [5.41, 5.74) is 0.549.